The van der Waals surface area contributed by atoms with Gasteiger partial charge in [0.1, 0.15) is 5.54 Å². The number of thioether (sulfide) groups is 1. The summed E-state index contributed by atoms with van der Waals surface area (Å²) in [6, 6.07) is 8.57. The Labute approximate surface area is 126 Å². The zero-order chi connectivity index (χ0) is 13.9. The third-order valence-electron chi connectivity index (χ3n) is 3.08. The van der Waals surface area contributed by atoms with Gasteiger partial charge < -0.3 is 4.74 Å². The van der Waals surface area contributed by atoms with E-state index in [1.165, 1.54) is 7.11 Å². The maximum absolute atomic E-state index is 12.0. The average molecular weight is 344 g/mol. The molecule has 1 aromatic carbocycles. The topological polar surface area (TPSA) is 38.3 Å². The predicted molar refractivity (Wildman–Crippen MR) is 81.4 cm³/mol. The second-order valence-electron chi connectivity index (χ2n) is 4.98. The Morgan fingerprint density at radius 3 is 2.63 bits per heavy atom. The highest BCUT2D eigenvalue weighted by molar-refractivity contribution is 9.10. The van der Waals surface area contributed by atoms with Crippen LogP contribution in [0.2, 0.25) is 0 Å². The Bertz CT molecular complexity index is 447. The highest BCUT2D eigenvalue weighted by atomic mass is 79.9. The van der Waals surface area contributed by atoms with E-state index >= 15 is 0 Å². The summed E-state index contributed by atoms with van der Waals surface area (Å²) in [5, 5.41) is 3.40. The third-order valence-corrected chi connectivity index (χ3v) is 4.93. The smallest absolute Gasteiger partial charge is 0.326 e. The molecule has 1 aromatic rings. The lowest BCUT2D eigenvalue weighted by Gasteiger charge is -2.27. The minimum atomic E-state index is -0.617. The molecule has 1 N–H and O–H groups in total. The lowest BCUT2D eigenvalue weighted by Crippen LogP contribution is -2.53. The number of carbonyl (C=O) groups is 1. The Hall–Kier alpha value is -0.520. The molecule has 0 spiro atoms. The fourth-order valence-corrected chi connectivity index (χ4v) is 3.07. The number of benzene rings is 1. The maximum atomic E-state index is 12.0. The molecule has 0 amide bonds. The van der Waals surface area contributed by atoms with E-state index in [0.717, 1.165) is 22.2 Å². The number of carbonyl (C=O) groups excluding carboxylic acids is 1. The first kappa shape index (κ1) is 14.9. The molecule has 2 rings (SSSR count). The standard InChI is InChI=1S/C14H18BrNO2S/c1-14(13(17)18-2,16-11-5-6-11)9-19-12-7-3-10(15)4-8-12/h3-4,7-8,11,16H,5-6,9H2,1-2H3. The van der Waals surface area contributed by atoms with Gasteiger partial charge in [-0.2, -0.15) is 0 Å². The van der Waals surface area contributed by atoms with Crippen LogP contribution in [-0.2, 0) is 9.53 Å². The summed E-state index contributed by atoms with van der Waals surface area (Å²) in [5.41, 5.74) is -0.617. The molecule has 5 heteroatoms. The van der Waals surface area contributed by atoms with Crippen LogP contribution in [0.5, 0.6) is 0 Å². The van der Waals surface area contributed by atoms with Gasteiger partial charge in [-0.05, 0) is 44.0 Å². The van der Waals surface area contributed by atoms with Crippen molar-refractivity contribution in [3.63, 3.8) is 0 Å². The zero-order valence-corrected chi connectivity index (χ0v) is 13.5. The van der Waals surface area contributed by atoms with Gasteiger partial charge in [0.15, 0.2) is 0 Å². The van der Waals surface area contributed by atoms with Gasteiger partial charge in [-0.15, -0.1) is 11.8 Å². The highest BCUT2D eigenvalue weighted by Crippen LogP contribution is 2.28. The van der Waals surface area contributed by atoms with E-state index in [1.807, 2.05) is 31.2 Å². The van der Waals surface area contributed by atoms with Crippen LogP contribution in [0.3, 0.4) is 0 Å². The van der Waals surface area contributed by atoms with Gasteiger partial charge in [-0.1, -0.05) is 15.9 Å². The van der Waals surface area contributed by atoms with Crippen molar-refractivity contribution in [3.05, 3.63) is 28.7 Å². The van der Waals surface area contributed by atoms with E-state index < -0.39 is 5.54 Å². The van der Waals surface area contributed by atoms with E-state index in [2.05, 4.69) is 21.2 Å². The molecule has 1 fully saturated rings. The van der Waals surface area contributed by atoms with Gasteiger partial charge in [-0.25, -0.2) is 0 Å². The monoisotopic (exact) mass is 343 g/mol. The molecule has 1 aliphatic rings. The molecule has 1 unspecified atom stereocenters. The largest absolute Gasteiger partial charge is 0.468 e. The number of esters is 1. The van der Waals surface area contributed by atoms with Crippen molar-refractivity contribution in [3.8, 4) is 0 Å². The lowest BCUT2D eigenvalue weighted by molar-refractivity contribution is -0.146. The second-order valence-corrected chi connectivity index (χ2v) is 6.95. The van der Waals surface area contributed by atoms with Crippen molar-refractivity contribution in [2.75, 3.05) is 12.9 Å². The molecule has 1 aliphatic carbocycles. The molecule has 0 aromatic heterocycles. The fraction of sp³-hybridized carbons (Fsp3) is 0.500. The highest BCUT2D eigenvalue weighted by Gasteiger charge is 2.39. The van der Waals surface area contributed by atoms with E-state index in [4.69, 9.17) is 4.74 Å². The number of hydrogen-bond acceptors (Lipinski definition) is 4. The SMILES string of the molecule is COC(=O)C(C)(CSc1ccc(Br)cc1)NC1CC1. The van der Waals surface area contributed by atoms with Crippen LogP contribution in [0.4, 0.5) is 0 Å². The van der Waals surface area contributed by atoms with Gasteiger partial charge in [0, 0.05) is 21.2 Å². The molecule has 0 saturated heterocycles. The van der Waals surface area contributed by atoms with Crippen LogP contribution in [0.15, 0.2) is 33.6 Å². The normalized spacial score (nSPS) is 17.8. The Morgan fingerprint density at radius 1 is 1.47 bits per heavy atom. The zero-order valence-electron chi connectivity index (χ0n) is 11.1. The quantitative estimate of drug-likeness (QED) is 0.635. The molecule has 0 bridgehead atoms. The molecule has 0 radical (unpaired) electrons. The molecule has 1 atom stereocenters. The number of methoxy groups -OCH3 is 1. The van der Waals surface area contributed by atoms with Gasteiger partial charge in [0.25, 0.3) is 0 Å². The van der Waals surface area contributed by atoms with Crippen LogP contribution in [-0.4, -0.2) is 30.4 Å². The molecule has 19 heavy (non-hydrogen) atoms. The summed E-state index contributed by atoms with van der Waals surface area (Å²) in [4.78, 5) is 13.1. The van der Waals surface area contributed by atoms with Crippen molar-refractivity contribution < 1.29 is 9.53 Å². The van der Waals surface area contributed by atoms with Crippen molar-refractivity contribution >= 4 is 33.7 Å². The number of hydrogen-bond donors (Lipinski definition) is 1. The Morgan fingerprint density at radius 2 is 2.11 bits per heavy atom. The summed E-state index contributed by atoms with van der Waals surface area (Å²) < 4.78 is 5.99. The minimum Gasteiger partial charge on any atom is -0.468 e. The first-order valence-corrected chi connectivity index (χ1v) is 8.06. The molecule has 1 saturated carbocycles. The molecular formula is C14H18BrNO2S. The number of rotatable bonds is 6. The second kappa shape index (κ2) is 6.29. The first-order valence-electron chi connectivity index (χ1n) is 6.28. The van der Waals surface area contributed by atoms with Gasteiger partial charge in [0.2, 0.25) is 0 Å². The van der Waals surface area contributed by atoms with Crippen molar-refractivity contribution in [2.45, 2.75) is 36.2 Å². The number of halogens is 1. The average Bonchev–Trinajstić information content (AvgIpc) is 3.21. The summed E-state index contributed by atoms with van der Waals surface area (Å²) in [6.45, 7) is 1.92. The van der Waals surface area contributed by atoms with E-state index in [-0.39, 0.29) is 5.97 Å². The lowest BCUT2D eigenvalue weighted by atomic mass is 10.1. The van der Waals surface area contributed by atoms with Gasteiger partial charge in [-0.3, -0.25) is 10.1 Å². The van der Waals surface area contributed by atoms with Crippen molar-refractivity contribution in [1.29, 1.82) is 0 Å². The molecule has 104 valence electrons. The molecule has 3 nitrogen and oxygen atoms in total. The predicted octanol–water partition coefficient (Wildman–Crippen LogP) is 3.22. The van der Waals surface area contributed by atoms with E-state index in [9.17, 15) is 4.79 Å². The van der Waals surface area contributed by atoms with Crippen LogP contribution >= 0.6 is 27.7 Å². The van der Waals surface area contributed by atoms with Gasteiger partial charge >= 0.3 is 5.97 Å². The van der Waals surface area contributed by atoms with E-state index in [0.29, 0.717) is 11.8 Å². The Kier molecular flexibility index (Phi) is 4.92. The Balaban J connectivity index is 1.99. The van der Waals surface area contributed by atoms with Gasteiger partial charge in [0.05, 0.1) is 7.11 Å². The van der Waals surface area contributed by atoms with Crippen molar-refractivity contribution in [2.24, 2.45) is 0 Å². The molecule has 0 aliphatic heterocycles. The summed E-state index contributed by atoms with van der Waals surface area (Å²) in [6.07, 6.45) is 2.30. The fourth-order valence-electron chi connectivity index (χ4n) is 1.82. The van der Waals surface area contributed by atoms with Crippen LogP contribution in [0.1, 0.15) is 19.8 Å². The minimum absolute atomic E-state index is 0.191. The first-order chi connectivity index (χ1) is 9.03. The summed E-state index contributed by atoms with van der Waals surface area (Å²) in [7, 11) is 1.44. The number of nitrogens with one attached hydrogen (secondary N) is 1. The summed E-state index contributed by atoms with van der Waals surface area (Å²) in [5.74, 6) is 0.474. The maximum Gasteiger partial charge on any atom is 0.326 e. The van der Waals surface area contributed by atoms with Crippen LogP contribution < -0.4 is 5.32 Å². The molecule has 0 heterocycles. The van der Waals surface area contributed by atoms with Crippen molar-refractivity contribution in [1.82, 2.24) is 5.32 Å². The van der Waals surface area contributed by atoms with Crippen LogP contribution in [0, 0.1) is 0 Å². The number of ether oxygens (including phenoxy) is 1. The third kappa shape index (κ3) is 4.23. The van der Waals surface area contributed by atoms with Crippen LogP contribution in [0.25, 0.3) is 0 Å². The van der Waals surface area contributed by atoms with E-state index in [1.54, 1.807) is 11.8 Å². The summed E-state index contributed by atoms with van der Waals surface area (Å²) >= 11 is 5.08. The molecular weight excluding hydrogens is 326 g/mol.